The smallest absolute Gasteiger partial charge is 0.317 e. The van der Waals surface area contributed by atoms with E-state index in [1.165, 1.54) is 9.91 Å². The summed E-state index contributed by atoms with van der Waals surface area (Å²) < 4.78 is 10.7. The van der Waals surface area contributed by atoms with E-state index in [0.29, 0.717) is 36.1 Å². The van der Waals surface area contributed by atoms with Crippen molar-refractivity contribution in [2.75, 3.05) is 40.5 Å². The molecule has 0 aromatic heterocycles. The number of hydrogen-bond donors (Lipinski definition) is 1. The number of ether oxygens (including phenoxy) is 2. The van der Waals surface area contributed by atoms with Crippen LogP contribution in [0.1, 0.15) is 36.9 Å². The number of urea groups is 1. The third kappa shape index (κ3) is 6.07. The van der Waals surface area contributed by atoms with Gasteiger partial charge in [-0.2, -0.15) is 5.10 Å². The lowest BCUT2D eigenvalue weighted by Gasteiger charge is -2.27. The summed E-state index contributed by atoms with van der Waals surface area (Å²) in [6.45, 7) is 2.96. The molecule has 1 unspecified atom stereocenters. The molecule has 1 heterocycles. The van der Waals surface area contributed by atoms with Crippen molar-refractivity contribution in [3.05, 3.63) is 64.7 Å². The lowest BCUT2D eigenvalue weighted by molar-refractivity contribution is -0.133. The van der Waals surface area contributed by atoms with E-state index in [1.54, 1.807) is 20.3 Å². The highest BCUT2D eigenvalue weighted by atomic mass is 35.5. The van der Waals surface area contributed by atoms with Crippen molar-refractivity contribution >= 4 is 29.3 Å². The Morgan fingerprint density at radius 2 is 1.91 bits per heavy atom. The van der Waals surface area contributed by atoms with Crippen LogP contribution in [0.5, 0.6) is 5.75 Å². The molecule has 8 nitrogen and oxygen atoms in total. The van der Waals surface area contributed by atoms with Gasteiger partial charge in [0.05, 0.1) is 25.5 Å². The Morgan fingerprint density at radius 1 is 1.18 bits per heavy atom. The maximum absolute atomic E-state index is 13.5. The minimum absolute atomic E-state index is 0.135. The van der Waals surface area contributed by atoms with Gasteiger partial charge in [-0.3, -0.25) is 4.79 Å². The van der Waals surface area contributed by atoms with Gasteiger partial charge >= 0.3 is 6.03 Å². The Hall–Kier alpha value is -3.10. The zero-order valence-corrected chi connectivity index (χ0v) is 20.5. The first-order valence-electron chi connectivity index (χ1n) is 11.3. The van der Waals surface area contributed by atoms with E-state index in [2.05, 4.69) is 10.4 Å². The summed E-state index contributed by atoms with van der Waals surface area (Å²) in [5, 5.41) is 9.52. The van der Waals surface area contributed by atoms with Crippen LogP contribution in [0.4, 0.5) is 4.79 Å². The maximum Gasteiger partial charge on any atom is 0.317 e. The molecule has 1 aliphatic rings. The molecule has 9 heteroatoms. The molecule has 1 aliphatic heterocycles. The number of halogens is 1. The fourth-order valence-corrected chi connectivity index (χ4v) is 4.06. The molecule has 182 valence electrons. The van der Waals surface area contributed by atoms with Crippen LogP contribution in [-0.2, 0) is 9.53 Å². The normalized spacial score (nSPS) is 15.1. The molecular formula is C25H31ClN4O4. The summed E-state index contributed by atoms with van der Waals surface area (Å²) in [6.07, 6.45) is 1.27. The van der Waals surface area contributed by atoms with Crippen molar-refractivity contribution in [2.45, 2.75) is 25.8 Å². The van der Waals surface area contributed by atoms with Crippen molar-refractivity contribution < 1.29 is 19.1 Å². The van der Waals surface area contributed by atoms with E-state index in [-0.39, 0.29) is 25.0 Å². The summed E-state index contributed by atoms with van der Waals surface area (Å²) in [5.41, 5.74) is 2.31. The molecule has 0 bridgehead atoms. The highest BCUT2D eigenvalue weighted by Gasteiger charge is 2.36. The van der Waals surface area contributed by atoms with Crippen LogP contribution in [0, 0.1) is 0 Å². The minimum atomic E-state index is -0.391. The van der Waals surface area contributed by atoms with Crippen LogP contribution < -0.4 is 10.1 Å². The van der Waals surface area contributed by atoms with Gasteiger partial charge in [0.15, 0.2) is 0 Å². The van der Waals surface area contributed by atoms with E-state index in [0.717, 1.165) is 17.5 Å². The number of hydrogen-bond acceptors (Lipinski definition) is 5. The number of methoxy groups -OCH3 is 2. The average molecular weight is 487 g/mol. The van der Waals surface area contributed by atoms with Crippen molar-refractivity contribution in [3.63, 3.8) is 0 Å². The number of para-hydroxylation sites is 1. The van der Waals surface area contributed by atoms with Gasteiger partial charge in [0, 0.05) is 42.8 Å². The first-order chi connectivity index (χ1) is 16.5. The topological polar surface area (TPSA) is 83.5 Å². The van der Waals surface area contributed by atoms with E-state index >= 15 is 0 Å². The highest BCUT2D eigenvalue weighted by molar-refractivity contribution is 6.34. The standard InChI is InChI=1S/C25H31ClN4O4/c1-4-13-27-25(32)29(14-15-33-2)17-24(31)30-22(19-10-6-8-12-23(19)34-3)16-21(28-30)18-9-5-7-11-20(18)26/h5-12,22H,4,13-17H2,1-3H3,(H,27,32). The number of benzene rings is 2. The molecule has 0 spiro atoms. The largest absolute Gasteiger partial charge is 0.496 e. The van der Waals surface area contributed by atoms with Crippen LogP contribution in [0.15, 0.2) is 53.6 Å². The average Bonchev–Trinajstić information content (AvgIpc) is 3.30. The first-order valence-corrected chi connectivity index (χ1v) is 11.7. The third-order valence-corrected chi connectivity index (χ3v) is 5.88. The summed E-state index contributed by atoms with van der Waals surface area (Å²) >= 11 is 6.43. The molecule has 2 aromatic carbocycles. The van der Waals surface area contributed by atoms with Crippen LogP contribution >= 0.6 is 11.6 Å². The fourth-order valence-electron chi connectivity index (χ4n) is 3.82. The Balaban J connectivity index is 1.92. The van der Waals surface area contributed by atoms with Gasteiger partial charge in [0.25, 0.3) is 5.91 Å². The number of rotatable bonds is 10. The SMILES string of the molecule is CCCNC(=O)N(CCOC)CC(=O)N1N=C(c2ccccc2Cl)CC1c1ccccc1OC. The fraction of sp³-hybridized carbons (Fsp3) is 0.400. The lowest BCUT2D eigenvalue weighted by Crippen LogP contribution is -2.47. The summed E-state index contributed by atoms with van der Waals surface area (Å²) in [4.78, 5) is 27.6. The number of nitrogens with one attached hydrogen (secondary N) is 1. The van der Waals surface area contributed by atoms with Crippen LogP contribution in [0.3, 0.4) is 0 Å². The first kappa shape index (κ1) is 25.5. The molecule has 0 radical (unpaired) electrons. The summed E-state index contributed by atoms with van der Waals surface area (Å²) in [6, 6.07) is 14.3. The molecule has 3 rings (SSSR count). The minimum Gasteiger partial charge on any atom is -0.496 e. The van der Waals surface area contributed by atoms with E-state index in [9.17, 15) is 9.59 Å². The van der Waals surface area contributed by atoms with Gasteiger partial charge in [-0.25, -0.2) is 9.80 Å². The number of amides is 3. The van der Waals surface area contributed by atoms with Gasteiger partial charge in [0.1, 0.15) is 12.3 Å². The van der Waals surface area contributed by atoms with Crippen molar-refractivity contribution in [1.82, 2.24) is 15.2 Å². The molecule has 0 fully saturated rings. The number of nitrogens with zero attached hydrogens (tertiary/aromatic N) is 3. The molecule has 34 heavy (non-hydrogen) atoms. The summed E-state index contributed by atoms with van der Waals surface area (Å²) in [7, 11) is 3.16. The zero-order valence-electron chi connectivity index (χ0n) is 19.8. The monoisotopic (exact) mass is 486 g/mol. The van der Waals surface area contributed by atoms with Crippen LogP contribution in [-0.4, -0.2) is 68.0 Å². The Morgan fingerprint density at radius 3 is 2.62 bits per heavy atom. The van der Waals surface area contributed by atoms with Crippen molar-refractivity contribution in [1.29, 1.82) is 0 Å². The van der Waals surface area contributed by atoms with Gasteiger partial charge in [-0.05, 0) is 18.6 Å². The van der Waals surface area contributed by atoms with E-state index < -0.39 is 6.04 Å². The second-order valence-electron chi connectivity index (χ2n) is 7.87. The lowest BCUT2D eigenvalue weighted by atomic mass is 9.97. The Bertz CT molecular complexity index is 1030. The van der Waals surface area contributed by atoms with Gasteiger partial charge in [-0.1, -0.05) is 54.9 Å². The molecule has 3 amide bonds. The van der Waals surface area contributed by atoms with Crippen LogP contribution in [0.2, 0.25) is 5.02 Å². The second-order valence-corrected chi connectivity index (χ2v) is 8.28. The van der Waals surface area contributed by atoms with E-state index in [4.69, 9.17) is 21.1 Å². The van der Waals surface area contributed by atoms with Gasteiger partial charge in [-0.15, -0.1) is 0 Å². The highest BCUT2D eigenvalue weighted by Crippen LogP contribution is 2.38. The second kappa shape index (κ2) is 12.4. The molecule has 1 N–H and O–H groups in total. The van der Waals surface area contributed by atoms with Crippen molar-refractivity contribution in [2.24, 2.45) is 5.10 Å². The summed E-state index contributed by atoms with van der Waals surface area (Å²) in [5.74, 6) is 0.360. The third-order valence-electron chi connectivity index (χ3n) is 5.55. The molecule has 0 saturated carbocycles. The molecule has 1 atom stereocenters. The molecular weight excluding hydrogens is 456 g/mol. The molecule has 0 saturated heterocycles. The Kier molecular flexibility index (Phi) is 9.30. The van der Waals surface area contributed by atoms with Gasteiger partial charge in [0.2, 0.25) is 0 Å². The predicted molar refractivity (Wildman–Crippen MR) is 132 cm³/mol. The van der Waals surface area contributed by atoms with Crippen molar-refractivity contribution in [3.8, 4) is 5.75 Å². The molecule has 2 aromatic rings. The van der Waals surface area contributed by atoms with Gasteiger partial charge < -0.3 is 19.7 Å². The molecule has 0 aliphatic carbocycles. The quantitative estimate of drug-likeness (QED) is 0.548. The maximum atomic E-state index is 13.5. The predicted octanol–water partition coefficient (Wildman–Crippen LogP) is 4.09. The number of carbonyl (C=O) groups is 2. The zero-order chi connectivity index (χ0) is 24.5. The van der Waals surface area contributed by atoms with E-state index in [1.807, 2.05) is 49.4 Å². The number of hydrazone groups is 1. The number of carbonyl (C=O) groups excluding carboxylic acids is 2. The van der Waals surface area contributed by atoms with Crippen LogP contribution in [0.25, 0.3) is 0 Å². The Labute approximate surface area is 205 Å².